The summed E-state index contributed by atoms with van der Waals surface area (Å²) in [6, 6.07) is 2.91. The van der Waals surface area contributed by atoms with E-state index in [1.807, 2.05) is 0 Å². The Morgan fingerprint density at radius 2 is 1.05 bits per heavy atom. The molecule has 8 aromatic rings. The fraction of sp³-hybridized carbons (Fsp3) is 0. The maximum atomic E-state index is 9.68. The Kier molecular flexibility index (Phi) is 2.24. The van der Waals surface area contributed by atoms with Gasteiger partial charge in [-0.15, -0.1) is 0 Å². The van der Waals surface area contributed by atoms with Crippen LogP contribution in [0.1, 0.15) is 20.6 Å². The molecule has 0 aliphatic rings. The fourth-order valence-electron chi connectivity index (χ4n) is 4.99. The van der Waals surface area contributed by atoms with Gasteiger partial charge in [0.25, 0.3) is 0 Å². The Labute approximate surface area is 235 Å². The number of benzene rings is 7. The Hall–Kier alpha value is -4.88. The number of furan rings is 1. The largest absolute Gasteiger partial charge is 0.456 e. The van der Waals surface area contributed by atoms with Gasteiger partial charge in [-0.1, -0.05) is 115 Å². The minimum atomic E-state index is -0.668. The van der Waals surface area contributed by atoms with Crippen LogP contribution in [0.2, 0.25) is 0 Å². The predicted molar refractivity (Wildman–Crippen MR) is 157 cm³/mol. The van der Waals surface area contributed by atoms with Gasteiger partial charge < -0.3 is 4.42 Å². The molecule has 1 heteroatoms. The monoisotopic (exact) mass is 485 g/mol. The van der Waals surface area contributed by atoms with Crippen LogP contribution in [0.4, 0.5) is 0 Å². The van der Waals surface area contributed by atoms with E-state index in [4.69, 9.17) is 19.5 Å². The summed E-state index contributed by atoms with van der Waals surface area (Å²) in [5.41, 5.74) is -0.381. The lowest BCUT2D eigenvalue weighted by Crippen LogP contribution is -1.90. The normalized spacial score (nSPS) is 17.5. The molecule has 0 atom stereocenters. The van der Waals surface area contributed by atoms with E-state index in [1.54, 1.807) is 30.3 Å². The van der Waals surface area contributed by atoms with Gasteiger partial charge >= 0.3 is 0 Å². The molecule has 0 fully saturated rings. The molecule has 0 spiro atoms. The molecule has 0 N–H and O–H groups in total. The van der Waals surface area contributed by atoms with Gasteiger partial charge in [-0.25, -0.2) is 0 Å². The molecule has 0 unspecified atom stereocenters. The molecule has 37 heavy (non-hydrogen) atoms. The van der Waals surface area contributed by atoms with Gasteiger partial charge in [-0.2, -0.15) is 0 Å². The fourth-order valence-corrected chi connectivity index (χ4v) is 4.99. The topological polar surface area (TPSA) is 13.1 Å². The molecular weight excluding hydrogens is 448 g/mol. The molecule has 7 aromatic carbocycles. The lowest BCUT2D eigenvalue weighted by molar-refractivity contribution is 0.669. The molecule has 1 heterocycles. The van der Waals surface area contributed by atoms with E-state index < -0.39 is 84.6 Å². The van der Waals surface area contributed by atoms with Crippen LogP contribution >= 0.6 is 0 Å². The zero-order valence-electron chi connectivity index (χ0n) is 33.9. The molecular formula is C36H22O. The lowest BCUT2D eigenvalue weighted by Gasteiger charge is -2.17. The van der Waals surface area contributed by atoms with E-state index in [0.29, 0.717) is 5.56 Å². The van der Waals surface area contributed by atoms with Gasteiger partial charge in [0.2, 0.25) is 0 Å². The summed E-state index contributed by atoms with van der Waals surface area (Å²) in [4.78, 5) is 0. The summed E-state index contributed by atoms with van der Waals surface area (Å²) < 4.78 is 139. The van der Waals surface area contributed by atoms with Crippen LogP contribution in [0.3, 0.4) is 0 Å². The van der Waals surface area contributed by atoms with E-state index in [9.17, 15) is 5.48 Å². The van der Waals surface area contributed by atoms with Crippen molar-refractivity contribution < 1.29 is 25.0 Å². The summed E-state index contributed by atoms with van der Waals surface area (Å²) in [7, 11) is 0. The van der Waals surface area contributed by atoms with E-state index in [-0.39, 0.29) is 77.0 Å². The van der Waals surface area contributed by atoms with Crippen LogP contribution in [0.15, 0.2) is 138 Å². The van der Waals surface area contributed by atoms with Crippen LogP contribution in [0, 0.1) is 0 Å². The lowest BCUT2D eigenvalue weighted by atomic mass is 9.86. The predicted octanol–water partition coefficient (Wildman–Crippen LogP) is 10.4. The van der Waals surface area contributed by atoms with Crippen LogP contribution in [-0.4, -0.2) is 0 Å². The van der Waals surface area contributed by atoms with Crippen LogP contribution in [-0.2, 0) is 0 Å². The van der Waals surface area contributed by atoms with Gasteiger partial charge in [-0.05, 0) is 72.7 Å². The molecule has 1 aromatic heterocycles. The third-order valence-corrected chi connectivity index (χ3v) is 6.54. The maximum absolute atomic E-state index is 9.68. The van der Waals surface area contributed by atoms with Crippen molar-refractivity contribution in [3.8, 4) is 22.3 Å². The quantitative estimate of drug-likeness (QED) is 0.222. The zero-order valence-corrected chi connectivity index (χ0v) is 18.9. The zero-order chi connectivity index (χ0) is 37.4. The SMILES string of the molecule is [2H]c1c([2H])c([2H])c2c(ccc3oc4c([2H])c([2H])c(-c5c6c([2H])c([2H])c([2H])c([2H])c6c(-c6ccccc6)c6c([2H])c([2H])c([2H])c([2H])c56)c([2H])c4c32)c1[2H]. The molecule has 0 amide bonds. The second-order valence-corrected chi connectivity index (χ2v) is 8.53. The summed E-state index contributed by atoms with van der Waals surface area (Å²) in [6.07, 6.45) is 0. The highest BCUT2D eigenvalue weighted by Gasteiger charge is 2.18. The highest BCUT2D eigenvalue weighted by atomic mass is 16.3. The van der Waals surface area contributed by atoms with Crippen molar-refractivity contribution in [3.05, 3.63) is 133 Å². The number of fused-ring (bicyclic) bond motifs is 7. The van der Waals surface area contributed by atoms with E-state index in [2.05, 4.69) is 0 Å². The number of hydrogen-bond acceptors (Lipinski definition) is 1. The van der Waals surface area contributed by atoms with Crippen molar-refractivity contribution in [1.29, 1.82) is 0 Å². The molecule has 0 saturated heterocycles. The first-order chi connectivity index (χ1) is 24.6. The summed E-state index contributed by atoms with van der Waals surface area (Å²) >= 11 is 0. The second kappa shape index (κ2) is 7.81. The first-order valence-corrected chi connectivity index (χ1v) is 11.5. The number of rotatable bonds is 2. The molecule has 0 bridgehead atoms. The third-order valence-electron chi connectivity index (χ3n) is 6.54. The second-order valence-electron chi connectivity index (χ2n) is 8.53. The highest BCUT2D eigenvalue weighted by molar-refractivity contribution is 6.23. The van der Waals surface area contributed by atoms with Gasteiger partial charge in [0, 0.05) is 10.8 Å². The van der Waals surface area contributed by atoms with Crippen molar-refractivity contribution in [2.45, 2.75) is 0 Å². The minimum Gasteiger partial charge on any atom is -0.456 e. The number of hydrogen-bond donors (Lipinski definition) is 0. The van der Waals surface area contributed by atoms with Crippen molar-refractivity contribution in [1.82, 2.24) is 0 Å². The molecule has 8 rings (SSSR count). The first kappa shape index (κ1) is 10.6. The molecule has 172 valence electrons. The first-order valence-electron chi connectivity index (χ1n) is 19.0. The maximum Gasteiger partial charge on any atom is 0.136 e. The van der Waals surface area contributed by atoms with Gasteiger partial charge in [0.15, 0.2) is 0 Å². The Morgan fingerprint density at radius 1 is 0.459 bits per heavy atom. The minimum absolute atomic E-state index is 0.00296. The van der Waals surface area contributed by atoms with Crippen molar-refractivity contribution in [2.24, 2.45) is 0 Å². The van der Waals surface area contributed by atoms with E-state index in [0.717, 1.165) is 0 Å². The molecule has 0 aliphatic carbocycles. The molecule has 0 saturated carbocycles. The van der Waals surface area contributed by atoms with Gasteiger partial charge in [-0.3, -0.25) is 0 Å². The smallest absolute Gasteiger partial charge is 0.136 e. The van der Waals surface area contributed by atoms with E-state index >= 15 is 0 Å². The third kappa shape index (κ3) is 2.98. The van der Waals surface area contributed by atoms with Gasteiger partial charge in [0.05, 0.1) is 20.6 Å². The summed E-state index contributed by atoms with van der Waals surface area (Å²) in [5.74, 6) is 0. The molecule has 0 aliphatic heterocycles. The molecule has 1 nitrogen and oxygen atoms in total. The van der Waals surface area contributed by atoms with Crippen molar-refractivity contribution >= 4 is 54.3 Å². The van der Waals surface area contributed by atoms with Gasteiger partial charge in [0.1, 0.15) is 11.2 Å². The Balaban J connectivity index is 1.73. The Morgan fingerprint density at radius 3 is 1.73 bits per heavy atom. The average Bonchev–Trinajstić information content (AvgIpc) is 3.54. The van der Waals surface area contributed by atoms with Crippen LogP contribution in [0.25, 0.3) is 76.5 Å². The van der Waals surface area contributed by atoms with Crippen molar-refractivity contribution in [3.63, 3.8) is 0 Å². The Bertz CT molecular complexity index is 2870. The van der Waals surface area contributed by atoms with Crippen LogP contribution in [0.5, 0.6) is 0 Å². The van der Waals surface area contributed by atoms with E-state index in [1.165, 1.54) is 12.1 Å². The molecule has 0 radical (unpaired) electrons. The standard InChI is InChI=1S/C36H22O/c1-2-11-24(12-3-1)34-27-14-6-8-16-29(27)35(30-17-9-7-15-28(30)34)25-19-20-32-31(22-25)36-26-13-5-4-10-23(26)18-21-33(36)37-32/h1-22H/i4D,5D,6D,7D,8D,9D,10D,13D,14D,15D,16D,17D,19D,20D,22D. The van der Waals surface area contributed by atoms with Crippen molar-refractivity contribution in [2.75, 3.05) is 0 Å². The highest BCUT2D eigenvalue weighted by Crippen LogP contribution is 2.45. The summed E-state index contributed by atoms with van der Waals surface area (Å²) in [5, 5.41) is -0.662. The summed E-state index contributed by atoms with van der Waals surface area (Å²) in [6.45, 7) is 0. The average molecular weight is 486 g/mol. The van der Waals surface area contributed by atoms with Crippen LogP contribution < -0.4 is 0 Å².